The Kier molecular flexibility index (Phi) is 4.78. The van der Waals surface area contributed by atoms with Gasteiger partial charge in [0.15, 0.2) is 23.0 Å². The lowest BCUT2D eigenvalue weighted by Gasteiger charge is -2.16. The van der Waals surface area contributed by atoms with Crippen molar-refractivity contribution in [1.82, 2.24) is 5.32 Å². The van der Waals surface area contributed by atoms with Crippen LogP contribution in [0.4, 0.5) is 0 Å². The van der Waals surface area contributed by atoms with Crippen LogP contribution in [0.1, 0.15) is 30.1 Å². The van der Waals surface area contributed by atoms with Gasteiger partial charge in [0.2, 0.25) is 6.79 Å². The molecule has 0 bridgehead atoms. The second-order valence-electron chi connectivity index (χ2n) is 5.94. The molecule has 3 rings (SSSR count). The van der Waals surface area contributed by atoms with E-state index in [2.05, 4.69) is 12.2 Å². The maximum Gasteiger partial charge on any atom is 0.231 e. The summed E-state index contributed by atoms with van der Waals surface area (Å²) in [6, 6.07) is 10.2. The predicted molar refractivity (Wildman–Crippen MR) is 88.6 cm³/mol. The van der Waals surface area contributed by atoms with Gasteiger partial charge in [0.1, 0.15) is 0 Å². The molecule has 0 saturated heterocycles. The Morgan fingerprint density at radius 3 is 2.50 bits per heavy atom. The van der Waals surface area contributed by atoms with E-state index in [1.165, 1.54) is 12.1 Å². The lowest BCUT2D eigenvalue weighted by Crippen LogP contribution is -2.25. The summed E-state index contributed by atoms with van der Waals surface area (Å²) in [7, 11) is 0. The first-order valence-corrected chi connectivity index (χ1v) is 7.85. The van der Waals surface area contributed by atoms with Crippen molar-refractivity contribution < 1.29 is 24.8 Å². The molecule has 2 aromatic rings. The van der Waals surface area contributed by atoms with Crippen molar-refractivity contribution in [2.75, 3.05) is 19.9 Å². The van der Waals surface area contributed by atoms with Gasteiger partial charge in [-0.15, -0.1) is 0 Å². The van der Waals surface area contributed by atoms with E-state index in [0.717, 1.165) is 17.1 Å². The first-order chi connectivity index (χ1) is 11.5. The van der Waals surface area contributed by atoms with Gasteiger partial charge < -0.3 is 30.1 Å². The van der Waals surface area contributed by atoms with Gasteiger partial charge in [-0.05, 0) is 41.3 Å². The number of aliphatic hydroxyl groups excluding tert-OH is 1. The summed E-state index contributed by atoms with van der Waals surface area (Å²) >= 11 is 0. The number of nitrogens with one attached hydrogen (secondary N) is 1. The van der Waals surface area contributed by atoms with Crippen LogP contribution in [0, 0.1) is 0 Å². The molecule has 24 heavy (non-hydrogen) atoms. The number of rotatable bonds is 6. The molecule has 4 N–H and O–H groups in total. The van der Waals surface area contributed by atoms with Gasteiger partial charge in [0, 0.05) is 13.1 Å². The van der Waals surface area contributed by atoms with Crippen LogP contribution in [0.15, 0.2) is 36.4 Å². The average Bonchev–Trinajstić information content (AvgIpc) is 3.04. The van der Waals surface area contributed by atoms with Crippen molar-refractivity contribution in [3.05, 3.63) is 47.5 Å². The van der Waals surface area contributed by atoms with Gasteiger partial charge in [-0.2, -0.15) is 0 Å². The summed E-state index contributed by atoms with van der Waals surface area (Å²) in [5.74, 6) is 1.33. The molecule has 2 aromatic carbocycles. The molecule has 0 amide bonds. The smallest absolute Gasteiger partial charge is 0.231 e. The summed E-state index contributed by atoms with van der Waals surface area (Å²) in [6.45, 7) is 3.38. The Morgan fingerprint density at radius 2 is 1.71 bits per heavy atom. The second-order valence-corrected chi connectivity index (χ2v) is 5.94. The van der Waals surface area contributed by atoms with Crippen molar-refractivity contribution >= 4 is 0 Å². The largest absolute Gasteiger partial charge is 0.504 e. The zero-order valence-corrected chi connectivity index (χ0v) is 13.4. The molecule has 0 fully saturated rings. The molecular formula is C18H21NO5. The summed E-state index contributed by atoms with van der Waals surface area (Å²) in [5, 5.41) is 32.2. The Balaban J connectivity index is 1.53. The summed E-state index contributed by atoms with van der Waals surface area (Å²) in [6.07, 6.45) is -0.763. The van der Waals surface area contributed by atoms with E-state index in [-0.39, 0.29) is 24.2 Å². The number of hydrogen-bond donors (Lipinski definition) is 4. The number of phenolic OH excluding ortho intramolecular Hbond substituents is 2. The van der Waals surface area contributed by atoms with E-state index in [4.69, 9.17) is 9.47 Å². The molecule has 0 aliphatic carbocycles. The fraction of sp³-hybridized carbons (Fsp3) is 0.333. The SMILES string of the molecule is CC(CNCC(O)c1ccc(O)c(O)c1)c1ccc2c(c1)OCO2. The third-order valence-electron chi connectivity index (χ3n) is 4.14. The monoisotopic (exact) mass is 331 g/mol. The molecule has 0 spiro atoms. The number of aliphatic hydroxyl groups is 1. The highest BCUT2D eigenvalue weighted by atomic mass is 16.7. The molecule has 0 radical (unpaired) electrons. The van der Waals surface area contributed by atoms with E-state index in [9.17, 15) is 15.3 Å². The van der Waals surface area contributed by atoms with Crippen LogP contribution in [-0.2, 0) is 0 Å². The first-order valence-electron chi connectivity index (χ1n) is 7.85. The van der Waals surface area contributed by atoms with Gasteiger partial charge in [-0.3, -0.25) is 0 Å². The van der Waals surface area contributed by atoms with Crippen molar-refractivity contribution in [3.63, 3.8) is 0 Å². The molecule has 2 unspecified atom stereocenters. The summed E-state index contributed by atoms with van der Waals surface area (Å²) < 4.78 is 10.7. The van der Waals surface area contributed by atoms with Crippen molar-refractivity contribution in [2.45, 2.75) is 18.9 Å². The van der Waals surface area contributed by atoms with Crippen LogP contribution in [0.3, 0.4) is 0 Å². The third kappa shape index (κ3) is 3.55. The standard InChI is InChI=1S/C18H21NO5/c1-11(12-3-5-17-18(7-12)24-10-23-17)8-19-9-16(22)13-2-4-14(20)15(21)6-13/h2-7,11,16,19-22H,8-10H2,1H3. The normalized spacial score (nSPS) is 15.2. The molecular weight excluding hydrogens is 310 g/mol. The predicted octanol–water partition coefficient (Wildman–Crippen LogP) is 2.25. The molecule has 0 aromatic heterocycles. The van der Waals surface area contributed by atoms with Gasteiger partial charge in [0.05, 0.1) is 6.10 Å². The van der Waals surface area contributed by atoms with Crippen LogP contribution in [0.5, 0.6) is 23.0 Å². The van der Waals surface area contributed by atoms with E-state index < -0.39 is 6.10 Å². The minimum absolute atomic E-state index is 0.199. The average molecular weight is 331 g/mol. The Morgan fingerprint density at radius 1 is 0.958 bits per heavy atom. The zero-order chi connectivity index (χ0) is 17.1. The van der Waals surface area contributed by atoms with Crippen molar-refractivity contribution in [1.29, 1.82) is 0 Å². The molecule has 0 saturated carbocycles. The fourth-order valence-corrected chi connectivity index (χ4v) is 2.64. The Bertz CT molecular complexity index is 719. The quantitative estimate of drug-likeness (QED) is 0.607. The van der Waals surface area contributed by atoms with Crippen LogP contribution in [0.25, 0.3) is 0 Å². The number of hydrogen-bond acceptors (Lipinski definition) is 6. The van der Waals surface area contributed by atoms with Crippen molar-refractivity contribution in [3.8, 4) is 23.0 Å². The topological polar surface area (TPSA) is 91.2 Å². The highest BCUT2D eigenvalue weighted by molar-refractivity contribution is 5.45. The Labute approximate surface area is 140 Å². The van der Waals surface area contributed by atoms with Crippen LogP contribution >= 0.6 is 0 Å². The molecule has 1 aliphatic rings. The minimum Gasteiger partial charge on any atom is -0.504 e. The summed E-state index contributed by atoms with van der Waals surface area (Å²) in [5.41, 5.74) is 1.68. The van der Waals surface area contributed by atoms with E-state index in [1.807, 2.05) is 18.2 Å². The van der Waals surface area contributed by atoms with Gasteiger partial charge >= 0.3 is 0 Å². The number of benzene rings is 2. The van der Waals surface area contributed by atoms with Gasteiger partial charge in [-0.1, -0.05) is 19.1 Å². The van der Waals surface area contributed by atoms with Crippen LogP contribution in [-0.4, -0.2) is 35.2 Å². The molecule has 6 nitrogen and oxygen atoms in total. The van der Waals surface area contributed by atoms with Gasteiger partial charge in [-0.25, -0.2) is 0 Å². The molecule has 2 atom stereocenters. The maximum absolute atomic E-state index is 10.2. The van der Waals surface area contributed by atoms with Crippen LogP contribution in [0.2, 0.25) is 0 Å². The van der Waals surface area contributed by atoms with Gasteiger partial charge in [0.25, 0.3) is 0 Å². The number of aromatic hydroxyl groups is 2. The minimum atomic E-state index is -0.763. The number of phenols is 2. The number of fused-ring (bicyclic) bond motifs is 1. The van der Waals surface area contributed by atoms with E-state index >= 15 is 0 Å². The lowest BCUT2D eigenvalue weighted by molar-refractivity contribution is 0.173. The third-order valence-corrected chi connectivity index (χ3v) is 4.14. The molecule has 6 heteroatoms. The first kappa shape index (κ1) is 16.4. The maximum atomic E-state index is 10.2. The molecule has 1 heterocycles. The highest BCUT2D eigenvalue weighted by Crippen LogP contribution is 2.34. The second kappa shape index (κ2) is 6.98. The zero-order valence-electron chi connectivity index (χ0n) is 13.4. The van der Waals surface area contributed by atoms with E-state index in [1.54, 1.807) is 6.07 Å². The Hall–Kier alpha value is -2.44. The lowest BCUT2D eigenvalue weighted by atomic mass is 10.0. The fourth-order valence-electron chi connectivity index (χ4n) is 2.64. The highest BCUT2D eigenvalue weighted by Gasteiger charge is 2.16. The molecule has 1 aliphatic heterocycles. The van der Waals surface area contributed by atoms with Crippen molar-refractivity contribution in [2.24, 2.45) is 0 Å². The number of ether oxygens (including phenoxy) is 2. The molecule has 128 valence electrons. The summed E-state index contributed by atoms with van der Waals surface area (Å²) in [4.78, 5) is 0. The van der Waals surface area contributed by atoms with E-state index in [0.29, 0.717) is 18.7 Å². The van der Waals surface area contributed by atoms with Crippen LogP contribution < -0.4 is 14.8 Å².